The van der Waals surface area contributed by atoms with Gasteiger partial charge in [-0.1, -0.05) is 30.3 Å². The molecule has 0 spiro atoms. The van der Waals surface area contributed by atoms with Crippen molar-refractivity contribution in [2.75, 3.05) is 18.8 Å². The van der Waals surface area contributed by atoms with Crippen LogP contribution in [0.1, 0.15) is 31.7 Å². The molecule has 7 nitrogen and oxygen atoms in total. The van der Waals surface area contributed by atoms with Gasteiger partial charge >= 0.3 is 0 Å². The lowest BCUT2D eigenvalue weighted by Crippen LogP contribution is -2.58. The molecule has 1 aliphatic carbocycles. The van der Waals surface area contributed by atoms with Crippen molar-refractivity contribution in [3.63, 3.8) is 0 Å². The fourth-order valence-corrected chi connectivity index (χ4v) is 5.19. The number of nitrogen functional groups attached to an aromatic ring is 1. The lowest BCUT2D eigenvalue weighted by Gasteiger charge is -2.36. The lowest BCUT2D eigenvalue weighted by atomic mass is 9.90. The summed E-state index contributed by atoms with van der Waals surface area (Å²) in [5.41, 5.74) is 9.44. The first-order chi connectivity index (χ1) is 16.7. The molecule has 3 heterocycles. The third-order valence-electron chi connectivity index (χ3n) is 7.13. The van der Waals surface area contributed by atoms with Crippen LogP contribution in [-0.2, 0) is 0 Å². The topological polar surface area (TPSA) is 90.0 Å². The summed E-state index contributed by atoms with van der Waals surface area (Å²) < 4.78 is 8.30. The highest BCUT2D eigenvalue weighted by Crippen LogP contribution is 2.38. The smallest absolute Gasteiger partial charge is 0.146 e. The van der Waals surface area contributed by atoms with Crippen molar-refractivity contribution in [2.24, 2.45) is 0 Å². The number of benzene rings is 2. The molecule has 7 heteroatoms. The van der Waals surface area contributed by atoms with Crippen LogP contribution in [0.2, 0.25) is 0 Å². The van der Waals surface area contributed by atoms with Gasteiger partial charge < -0.3 is 25.7 Å². The molecule has 34 heavy (non-hydrogen) atoms. The zero-order chi connectivity index (χ0) is 22.9. The van der Waals surface area contributed by atoms with Gasteiger partial charge in [-0.2, -0.15) is 0 Å². The Labute approximate surface area is 199 Å². The molecule has 4 N–H and O–H groups in total. The molecule has 0 amide bonds. The fraction of sp³-hybridized carbons (Fsp3) is 0.333. The highest BCUT2D eigenvalue weighted by Gasteiger charge is 2.28. The summed E-state index contributed by atoms with van der Waals surface area (Å²) in [6.45, 7) is 2.19. The van der Waals surface area contributed by atoms with Gasteiger partial charge in [0, 0.05) is 43.0 Å². The van der Waals surface area contributed by atoms with Gasteiger partial charge in [-0.05, 0) is 55.5 Å². The Morgan fingerprint density at radius 2 is 1.62 bits per heavy atom. The van der Waals surface area contributed by atoms with E-state index in [1.54, 1.807) is 6.33 Å². The molecular weight excluding hydrogens is 424 g/mol. The molecule has 2 aliphatic rings. The Hall–Kier alpha value is -3.42. The minimum Gasteiger partial charge on any atom is -0.457 e. The van der Waals surface area contributed by atoms with Crippen molar-refractivity contribution in [3.8, 4) is 22.6 Å². The monoisotopic (exact) mass is 454 g/mol. The van der Waals surface area contributed by atoms with Crippen LogP contribution in [0.15, 0.2) is 67.1 Å². The van der Waals surface area contributed by atoms with Crippen molar-refractivity contribution in [1.82, 2.24) is 25.2 Å². The molecule has 0 atom stereocenters. The van der Waals surface area contributed by atoms with Crippen LogP contribution in [0, 0.1) is 0 Å². The molecule has 1 saturated carbocycles. The molecule has 6 rings (SSSR count). The third kappa shape index (κ3) is 4.13. The Bertz CT molecular complexity index is 1260. The largest absolute Gasteiger partial charge is 0.457 e. The number of anilines is 1. The van der Waals surface area contributed by atoms with Gasteiger partial charge in [0.15, 0.2) is 0 Å². The van der Waals surface area contributed by atoms with E-state index in [4.69, 9.17) is 10.5 Å². The zero-order valence-corrected chi connectivity index (χ0v) is 19.2. The molecule has 1 saturated heterocycles. The average molecular weight is 455 g/mol. The van der Waals surface area contributed by atoms with E-state index in [-0.39, 0.29) is 0 Å². The average Bonchev–Trinajstić information content (AvgIpc) is 3.24. The van der Waals surface area contributed by atoms with E-state index in [0.717, 1.165) is 59.6 Å². The first kappa shape index (κ1) is 21.1. The van der Waals surface area contributed by atoms with Gasteiger partial charge in [-0.25, -0.2) is 9.97 Å². The number of aromatic nitrogens is 3. The van der Waals surface area contributed by atoms with E-state index in [1.165, 1.54) is 12.8 Å². The van der Waals surface area contributed by atoms with Gasteiger partial charge in [0.05, 0.1) is 5.39 Å². The quantitative estimate of drug-likeness (QED) is 0.397. The third-order valence-corrected chi connectivity index (χ3v) is 7.13. The number of para-hydroxylation sites is 1. The number of ether oxygens (including phenoxy) is 1. The first-order valence-electron chi connectivity index (χ1n) is 12.2. The van der Waals surface area contributed by atoms with Gasteiger partial charge in [0.2, 0.25) is 0 Å². The Morgan fingerprint density at radius 3 is 2.32 bits per heavy atom. The van der Waals surface area contributed by atoms with Crippen molar-refractivity contribution in [2.45, 2.75) is 43.8 Å². The molecular formula is C27H30N6O. The van der Waals surface area contributed by atoms with E-state index in [9.17, 15) is 0 Å². The maximum Gasteiger partial charge on any atom is 0.146 e. The van der Waals surface area contributed by atoms with Crippen molar-refractivity contribution < 1.29 is 4.74 Å². The summed E-state index contributed by atoms with van der Waals surface area (Å²) in [4.78, 5) is 8.95. The number of hydrogen-bond donors (Lipinski definition) is 3. The summed E-state index contributed by atoms with van der Waals surface area (Å²) in [5.74, 6) is 2.15. The van der Waals surface area contributed by atoms with Crippen LogP contribution in [-0.4, -0.2) is 39.7 Å². The molecule has 0 radical (unpaired) electrons. The van der Waals surface area contributed by atoms with E-state index in [2.05, 4.69) is 43.5 Å². The van der Waals surface area contributed by atoms with Crippen LogP contribution in [0.25, 0.3) is 22.2 Å². The summed E-state index contributed by atoms with van der Waals surface area (Å²) in [7, 11) is 0. The predicted octanol–water partition coefficient (Wildman–Crippen LogP) is 4.52. The van der Waals surface area contributed by atoms with E-state index in [1.807, 2.05) is 42.5 Å². The predicted molar refractivity (Wildman–Crippen MR) is 135 cm³/mol. The summed E-state index contributed by atoms with van der Waals surface area (Å²) in [5, 5.41) is 8.07. The summed E-state index contributed by atoms with van der Waals surface area (Å²) >= 11 is 0. The van der Waals surface area contributed by atoms with E-state index in [0.29, 0.717) is 23.9 Å². The van der Waals surface area contributed by atoms with Crippen LogP contribution >= 0.6 is 0 Å². The second-order valence-corrected chi connectivity index (χ2v) is 9.37. The zero-order valence-electron chi connectivity index (χ0n) is 19.2. The van der Waals surface area contributed by atoms with Crippen LogP contribution in [0.3, 0.4) is 0 Å². The van der Waals surface area contributed by atoms with E-state index >= 15 is 0 Å². The lowest BCUT2D eigenvalue weighted by molar-refractivity contribution is 0.249. The second-order valence-electron chi connectivity index (χ2n) is 9.37. The van der Waals surface area contributed by atoms with Gasteiger partial charge in [-0.3, -0.25) is 0 Å². The van der Waals surface area contributed by atoms with Gasteiger partial charge in [0.25, 0.3) is 0 Å². The molecule has 4 aromatic rings. The first-order valence-corrected chi connectivity index (χ1v) is 12.2. The second kappa shape index (κ2) is 9.08. The minimum absolute atomic E-state index is 0.420. The minimum atomic E-state index is 0.420. The molecule has 0 unspecified atom stereocenters. The standard InChI is InChI=1S/C27H30N6O/c28-26-25-24(18-6-12-23(13-7-18)34-22-4-2-1-3-5-22)16-33(27(25)31-17-30-26)21-10-8-19(9-11-21)32-20-14-29-15-20/h1-7,12-13,16-17,19-21,29,32H,8-11,14-15H2,(H2,28,30,31)/t19-,21-. The normalized spacial score (nSPS) is 20.8. The highest BCUT2D eigenvalue weighted by molar-refractivity contribution is 6.00. The highest BCUT2D eigenvalue weighted by atomic mass is 16.5. The number of nitrogens with two attached hydrogens (primary N) is 1. The molecule has 2 fully saturated rings. The van der Waals surface area contributed by atoms with Crippen molar-refractivity contribution >= 4 is 16.9 Å². The molecule has 2 aromatic carbocycles. The SMILES string of the molecule is Nc1ncnc2c1c(-c1ccc(Oc3ccccc3)cc1)cn2[C@H]1CC[C@H](NC2CNC2)CC1. The van der Waals surface area contributed by atoms with Gasteiger partial charge in [-0.15, -0.1) is 0 Å². The fourth-order valence-electron chi connectivity index (χ4n) is 5.19. The Balaban J connectivity index is 1.26. The number of nitrogens with zero attached hydrogens (tertiary/aromatic N) is 3. The Kier molecular flexibility index (Phi) is 5.65. The van der Waals surface area contributed by atoms with Crippen LogP contribution in [0.5, 0.6) is 11.5 Å². The van der Waals surface area contributed by atoms with E-state index < -0.39 is 0 Å². The van der Waals surface area contributed by atoms with Gasteiger partial charge in [0.1, 0.15) is 29.3 Å². The van der Waals surface area contributed by atoms with Crippen LogP contribution < -0.4 is 21.1 Å². The molecule has 174 valence electrons. The molecule has 1 aliphatic heterocycles. The molecule has 2 aromatic heterocycles. The Morgan fingerprint density at radius 1 is 0.882 bits per heavy atom. The number of nitrogens with one attached hydrogen (secondary N) is 2. The summed E-state index contributed by atoms with van der Waals surface area (Å²) in [6, 6.07) is 19.6. The van der Waals surface area contributed by atoms with Crippen molar-refractivity contribution in [3.05, 3.63) is 67.1 Å². The van der Waals surface area contributed by atoms with Crippen LogP contribution in [0.4, 0.5) is 5.82 Å². The maximum atomic E-state index is 6.36. The summed E-state index contributed by atoms with van der Waals surface area (Å²) in [6.07, 6.45) is 8.43. The van der Waals surface area contributed by atoms with Crippen molar-refractivity contribution in [1.29, 1.82) is 0 Å². The number of rotatable bonds is 6. The number of fused-ring (bicyclic) bond motifs is 1. The number of hydrogen-bond acceptors (Lipinski definition) is 6. The molecule has 0 bridgehead atoms. The maximum absolute atomic E-state index is 6.36.